The fraction of sp³-hybridized carbons (Fsp3) is 0.571. The summed E-state index contributed by atoms with van der Waals surface area (Å²) in [7, 11) is 2.14. The van der Waals surface area contributed by atoms with Crippen LogP contribution >= 0.6 is 0 Å². The number of nitrogens with zero attached hydrogens (tertiary/aromatic N) is 1. The standard InChI is InChI=1S/C14H22FN/c1-4-12(10-11-16(3)5-2)13-6-8-14(15)9-7-13/h6-9,12H,4-5,10-11H2,1-3H3. The average Bonchev–Trinajstić information content (AvgIpc) is 2.31. The van der Waals surface area contributed by atoms with Gasteiger partial charge in [0.25, 0.3) is 0 Å². The first-order chi connectivity index (χ1) is 7.67. The van der Waals surface area contributed by atoms with E-state index in [1.165, 1.54) is 5.56 Å². The summed E-state index contributed by atoms with van der Waals surface area (Å²) in [6, 6.07) is 6.94. The molecule has 0 saturated carbocycles. The SMILES string of the molecule is CCC(CCN(C)CC)c1ccc(F)cc1. The first-order valence-electron chi connectivity index (χ1n) is 6.11. The topological polar surface area (TPSA) is 3.24 Å². The molecule has 0 fully saturated rings. The van der Waals surface area contributed by atoms with Gasteiger partial charge in [-0.25, -0.2) is 4.39 Å². The third kappa shape index (κ3) is 3.93. The van der Waals surface area contributed by atoms with Crippen LogP contribution in [0.3, 0.4) is 0 Å². The molecule has 1 nitrogen and oxygen atoms in total. The molecule has 1 aromatic rings. The minimum Gasteiger partial charge on any atom is -0.307 e. The number of hydrogen-bond donors (Lipinski definition) is 0. The Hall–Kier alpha value is -0.890. The van der Waals surface area contributed by atoms with E-state index in [0.29, 0.717) is 5.92 Å². The number of rotatable bonds is 6. The van der Waals surface area contributed by atoms with Gasteiger partial charge in [-0.2, -0.15) is 0 Å². The third-order valence-electron chi connectivity index (χ3n) is 3.23. The minimum absolute atomic E-state index is 0.149. The van der Waals surface area contributed by atoms with E-state index in [4.69, 9.17) is 0 Å². The molecule has 0 spiro atoms. The summed E-state index contributed by atoms with van der Waals surface area (Å²) in [5.41, 5.74) is 1.26. The molecule has 90 valence electrons. The molecule has 1 rings (SSSR count). The molecule has 0 radical (unpaired) electrons. The zero-order valence-electron chi connectivity index (χ0n) is 10.5. The van der Waals surface area contributed by atoms with Crippen molar-refractivity contribution in [3.8, 4) is 0 Å². The summed E-state index contributed by atoms with van der Waals surface area (Å²) >= 11 is 0. The predicted molar refractivity (Wildman–Crippen MR) is 67.2 cm³/mol. The zero-order valence-corrected chi connectivity index (χ0v) is 10.5. The van der Waals surface area contributed by atoms with Gasteiger partial charge >= 0.3 is 0 Å². The number of hydrogen-bond acceptors (Lipinski definition) is 1. The molecule has 0 bridgehead atoms. The van der Waals surface area contributed by atoms with Crippen molar-refractivity contribution < 1.29 is 4.39 Å². The molecule has 0 saturated heterocycles. The highest BCUT2D eigenvalue weighted by Crippen LogP contribution is 2.23. The summed E-state index contributed by atoms with van der Waals surface area (Å²) in [6.07, 6.45) is 2.26. The van der Waals surface area contributed by atoms with Crippen molar-refractivity contribution >= 4 is 0 Å². The highest BCUT2D eigenvalue weighted by atomic mass is 19.1. The van der Waals surface area contributed by atoms with Crippen LogP contribution in [0.5, 0.6) is 0 Å². The largest absolute Gasteiger partial charge is 0.307 e. The van der Waals surface area contributed by atoms with Crippen LogP contribution in [-0.4, -0.2) is 25.0 Å². The zero-order chi connectivity index (χ0) is 12.0. The van der Waals surface area contributed by atoms with E-state index >= 15 is 0 Å². The Kier molecular flexibility index (Phi) is 5.47. The Bertz CT molecular complexity index is 294. The number of halogens is 1. The van der Waals surface area contributed by atoms with Crippen LogP contribution in [-0.2, 0) is 0 Å². The van der Waals surface area contributed by atoms with Crippen molar-refractivity contribution in [1.29, 1.82) is 0 Å². The second-order valence-corrected chi connectivity index (χ2v) is 4.34. The summed E-state index contributed by atoms with van der Waals surface area (Å²) in [5.74, 6) is 0.402. The van der Waals surface area contributed by atoms with Gasteiger partial charge in [-0.1, -0.05) is 26.0 Å². The third-order valence-corrected chi connectivity index (χ3v) is 3.23. The lowest BCUT2D eigenvalue weighted by molar-refractivity contribution is 0.332. The van der Waals surface area contributed by atoms with Crippen molar-refractivity contribution in [2.75, 3.05) is 20.1 Å². The molecular weight excluding hydrogens is 201 g/mol. The fourth-order valence-corrected chi connectivity index (χ4v) is 1.88. The van der Waals surface area contributed by atoms with E-state index in [1.54, 1.807) is 12.1 Å². The highest BCUT2D eigenvalue weighted by molar-refractivity contribution is 5.20. The molecule has 0 aromatic heterocycles. The lowest BCUT2D eigenvalue weighted by Gasteiger charge is -2.19. The summed E-state index contributed by atoms with van der Waals surface area (Å²) in [5, 5.41) is 0. The van der Waals surface area contributed by atoms with Gasteiger partial charge < -0.3 is 4.90 Å². The average molecular weight is 223 g/mol. The lowest BCUT2D eigenvalue weighted by Crippen LogP contribution is -2.20. The van der Waals surface area contributed by atoms with Crippen molar-refractivity contribution in [2.24, 2.45) is 0 Å². The smallest absolute Gasteiger partial charge is 0.123 e. The second kappa shape index (κ2) is 6.64. The van der Waals surface area contributed by atoms with Gasteiger partial charge in [-0.15, -0.1) is 0 Å². The van der Waals surface area contributed by atoms with Crippen molar-refractivity contribution in [1.82, 2.24) is 4.90 Å². The molecule has 16 heavy (non-hydrogen) atoms. The van der Waals surface area contributed by atoms with Gasteiger partial charge in [0.2, 0.25) is 0 Å². The number of benzene rings is 1. The maximum absolute atomic E-state index is 12.8. The summed E-state index contributed by atoms with van der Waals surface area (Å²) < 4.78 is 12.8. The monoisotopic (exact) mass is 223 g/mol. The van der Waals surface area contributed by atoms with Crippen molar-refractivity contribution in [2.45, 2.75) is 32.6 Å². The van der Waals surface area contributed by atoms with Crippen LogP contribution in [0, 0.1) is 5.82 Å². The Balaban J connectivity index is 2.57. The van der Waals surface area contributed by atoms with Crippen molar-refractivity contribution in [3.05, 3.63) is 35.6 Å². The van der Waals surface area contributed by atoms with E-state index in [-0.39, 0.29) is 5.82 Å². The Morgan fingerprint density at radius 3 is 2.31 bits per heavy atom. The maximum atomic E-state index is 12.8. The highest BCUT2D eigenvalue weighted by Gasteiger charge is 2.10. The fourth-order valence-electron chi connectivity index (χ4n) is 1.88. The van der Waals surface area contributed by atoms with Crippen LogP contribution in [0.2, 0.25) is 0 Å². The molecule has 1 atom stereocenters. The molecule has 0 amide bonds. The second-order valence-electron chi connectivity index (χ2n) is 4.34. The van der Waals surface area contributed by atoms with Crippen LogP contribution in [0.1, 0.15) is 38.2 Å². The Morgan fingerprint density at radius 1 is 1.19 bits per heavy atom. The first-order valence-corrected chi connectivity index (χ1v) is 6.11. The van der Waals surface area contributed by atoms with E-state index < -0.39 is 0 Å². The van der Waals surface area contributed by atoms with Gasteiger partial charge in [-0.05, 0) is 56.6 Å². The summed E-state index contributed by atoms with van der Waals surface area (Å²) in [4.78, 5) is 2.31. The molecular formula is C14H22FN. The van der Waals surface area contributed by atoms with Gasteiger partial charge in [-0.3, -0.25) is 0 Å². The molecule has 1 unspecified atom stereocenters. The van der Waals surface area contributed by atoms with Gasteiger partial charge in [0.15, 0.2) is 0 Å². The Morgan fingerprint density at radius 2 is 1.81 bits per heavy atom. The van der Waals surface area contributed by atoms with Crippen LogP contribution < -0.4 is 0 Å². The molecule has 0 N–H and O–H groups in total. The van der Waals surface area contributed by atoms with Crippen LogP contribution in [0.25, 0.3) is 0 Å². The van der Waals surface area contributed by atoms with E-state index in [0.717, 1.165) is 25.9 Å². The molecule has 1 aromatic carbocycles. The quantitative estimate of drug-likeness (QED) is 0.711. The van der Waals surface area contributed by atoms with Gasteiger partial charge in [0.1, 0.15) is 5.82 Å². The first kappa shape index (κ1) is 13.2. The molecule has 0 aliphatic heterocycles. The summed E-state index contributed by atoms with van der Waals surface area (Å²) in [6.45, 7) is 6.55. The maximum Gasteiger partial charge on any atom is 0.123 e. The van der Waals surface area contributed by atoms with E-state index in [9.17, 15) is 4.39 Å². The van der Waals surface area contributed by atoms with E-state index in [2.05, 4.69) is 25.8 Å². The van der Waals surface area contributed by atoms with Gasteiger partial charge in [0.05, 0.1) is 0 Å². The van der Waals surface area contributed by atoms with E-state index in [1.807, 2.05) is 12.1 Å². The Labute approximate surface area is 98.3 Å². The lowest BCUT2D eigenvalue weighted by atomic mass is 9.93. The van der Waals surface area contributed by atoms with Gasteiger partial charge in [0, 0.05) is 0 Å². The molecule has 0 aliphatic rings. The van der Waals surface area contributed by atoms with Crippen LogP contribution in [0.4, 0.5) is 4.39 Å². The molecule has 0 heterocycles. The predicted octanol–water partition coefficient (Wildman–Crippen LogP) is 3.66. The normalized spacial score (nSPS) is 13.1. The molecule has 0 aliphatic carbocycles. The molecule has 2 heteroatoms. The minimum atomic E-state index is -0.149. The van der Waals surface area contributed by atoms with Crippen molar-refractivity contribution in [3.63, 3.8) is 0 Å². The van der Waals surface area contributed by atoms with Crippen LogP contribution in [0.15, 0.2) is 24.3 Å².